The Labute approximate surface area is 113 Å². The maximum absolute atomic E-state index is 6.28. The first-order chi connectivity index (χ1) is 7.27. The molecule has 1 fully saturated rings. The summed E-state index contributed by atoms with van der Waals surface area (Å²) in [6.45, 7) is 2.93. The zero-order valence-electron chi connectivity index (χ0n) is 9.52. The minimum atomic E-state index is -1.82. The van der Waals surface area contributed by atoms with Gasteiger partial charge in [0.05, 0.1) is 6.61 Å². The number of rotatable bonds is 0. The Bertz CT molecular complexity index is 325. The van der Waals surface area contributed by atoms with E-state index in [0.717, 1.165) is 31.5 Å². The largest absolute Gasteiger partial charge is 0.413 e. The van der Waals surface area contributed by atoms with Crippen LogP contribution in [0.2, 0.25) is 21.0 Å². The van der Waals surface area contributed by atoms with Crippen LogP contribution >= 0.6 is 0 Å². The van der Waals surface area contributed by atoms with E-state index in [1.165, 1.54) is 5.57 Å². The SMILES string of the molecule is CC1=CC[Si]2(CC([Si])([Si])CCC2([Si])[Si])OC1. The van der Waals surface area contributed by atoms with Crippen LogP contribution in [0, 0.1) is 0 Å². The van der Waals surface area contributed by atoms with E-state index in [1.54, 1.807) is 0 Å². The van der Waals surface area contributed by atoms with Crippen LogP contribution in [0.4, 0.5) is 0 Å². The molecule has 1 spiro atoms. The molecule has 2 heterocycles. The Hall–Kier alpha value is 0.784. The summed E-state index contributed by atoms with van der Waals surface area (Å²) in [5, 5.41) is 0. The molecular formula is C10H14OSi5. The Morgan fingerprint density at radius 3 is 2.50 bits per heavy atom. The van der Waals surface area contributed by atoms with E-state index < -0.39 is 8.32 Å². The topological polar surface area (TPSA) is 9.23 Å². The van der Waals surface area contributed by atoms with Gasteiger partial charge in [-0.25, -0.2) is 0 Å². The number of hydrogen-bond acceptors (Lipinski definition) is 1. The summed E-state index contributed by atoms with van der Waals surface area (Å²) in [6.07, 6.45) is 4.52. The fourth-order valence-electron chi connectivity index (χ4n) is 2.49. The van der Waals surface area contributed by atoms with E-state index in [-0.39, 0.29) is 8.95 Å². The zero-order chi connectivity index (χ0) is 12.0. The van der Waals surface area contributed by atoms with Crippen LogP contribution in [0.5, 0.6) is 0 Å². The van der Waals surface area contributed by atoms with Gasteiger partial charge in [0.2, 0.25) is 0 Å². The van der Waals surface area contributed by atoms with Gasteiger partial charge >= 0.3 is 0 Å². The molecule has 1 atom stereocenters. The van der Waals surface area contributed by atoms with E-state index in [2.05, 4.69) is 54.0 Å². The molecule has 1 nitrogen and oxygen atoms in total. The lowest BCUT2D eigenvalue weighted by Crippen LogP contribution is -2.57. The van der Waals surface area contributed by atoms with Gasteiger partial charge in [0.15, 0.2) is 8.32 Å². The molecule has 1 unspecified atom stereocenters. The Morgan fingerprint density at radius 2 is 1.94 bits per heavy atom. The summed E-state index contributed by atoms with van der Waals surface area (Å²) in [6, 6.07) is 2.16. The number of hydrogen-bond donors (Lipinski definition) is 0. The van der Waals surface area contributed by atoms with Crippen molar-refractivity contribution in [1.82, 2.24) is 0 Å². The third-order valence-corrected chi connectivity index (χ3v) is 13.0. The smallest absolute Gasteiger partial charge is 0.196 e. The first kappa shape index (κ1) is 13.2. The Balaban J connectivity index is 2.28. The molecule has 0 aromatic heterocycles. The van der Waals surface area contributed by atoms with E-state index in [9.17, 15) is 0 Å². The van der Waals surface area contributed by atoms with Crippen molar-refractivity contribution in [2.24, 2.45) is 0 Å². The molecule has 0 bridgehead atoms. The molecule has 12 radical (unpaired) electrons. The molecule has 80 valence electrons. The lowest BCUT2D eigenvalue weighted by atomic mass is 10.2. The van der Waals surface area contributed by atoms with Crippen LogP contribution in [0.25, 0.3) is 0 Å². The maximum Gasteiger partial charge on any atom is 0.196 e. The molecule has 16 heavy (non-hydrogen) atoms. The second kappa shape index (κ2) is 4.16. The summed E-state index contributed by atoms with van der Waals surface area (Å²) >= 11 is 0. The summed E-state index contributed by atoms with van der Waals surface area (Å²) in [7, 11) is 13.7. The van der Waals surface area contributed by atoms with Crippen LogP contribution < -0.4 is 0 Å². The highest BCUT2D eigenvalue weighted by molar-refractivity contribution is 6.91. The summed E-state index contributed by atoms with van der Waals surface area (Å²) in [5.41, 5.74) is 1.35. The van der Waals surface area contributed by atoms with Gasteiger partial charge in [-0.15, -0.1) is 0 Å². The van der Waals surface area contributed by atoms with Crippen molar-refractivity contribution in [1.29, 1.82) is 0 Å². The zero-order valence-corrected chi connectivity index (χ0v) is 14.5. The van der Waals surface area contributed by atoms with Crippen LogP contribution in [-0.2, 0) is 4.43 Å². The maximum atomic E-state index is 6.28. The summed E-state index contributed by atoms with van der Waals surface area (Å²) in [5.74, 6) is 0. The predicted molar refractivity (Wildman–Crippen MR) is 72.7 cm³/mol. The van der Waals surface area contributed by atoms with Crippen molar-refractivity contribution in [3.05, 3.63) is 11.6 Å². The average molecular weight is 291 g/mol. The van der Waals surface area contributed by atoms with Crippen LogP contribution in [0.1, 0.15) is 19.8 Å². The van der Waals surface area contributed by atoms with Gasteiger partial charge in [-0.1, -0.05) is 29.2 Å². The molecular weight excluding hydrogens is 277 g/mol. The standard InChI is InChI=1S/C10H14OSi5/c1-8-2-5-16(11-6-8)7-9(12,13)3-4-10(16,14)15/h2H,3-7H2,1H3. The van der Waals surface area contributed by atoms with Gasteiger partial charge in [0.25, 0.3) is 0 Å². The average Bonchev–Trinajstić information content (AvgIpc) is 2.17. The van der Waals surface area contributed by atoms with Crippen molar-refractivity contribution in [2.75, 3.05) is 6.61 Å². The fourth-order valence-corrected chi connectivity index (χ4v) is 10.4. The minimum Gasteiger partial charge on any atom is -0.413 e. The molecule has 2 aliphatic rings. The lowest BCUT2D eigenvalue weighted by molar-refractivity contribution is 0.303. The highest BCUT2D eigenvalue weighted by atomic mass is 28.4. The second-order valence-corrected chi connectivity index (χ2v) is 14.7. The van der Waals surface area contributed by atoms with Crippen LogP contribution in [0.15, 0.2) is 11.6 Å². The molecule has 6 heteroatoms. The van der Waals surface area contributed by atoms with Crippen LogP contribution in [0.3, 0.4) is 0 Å². The van der Waals surface area contributed by atoms with Crippen molar-refractivity contribution in [2.45, 2.75) is 40.8 Å². The van der Waals surface area contributed by atoms with Gasteiger partial charge < -0.3 is 4.43 Å². The second-order valence-electron chi connectivity index (χ2n) is 5.20. The molecule has 0 saturated carbocycles. The summed E-state index contributed by atoms with van der Waals surface area (Å²) < 4.78 is 6.34. The quantitative estimate of drug-likeness (QED) is 0.480. The molecule has 0 N–H and O–H groups in total. The van der Waals surface area contributed by atoms with E-state index in [0.29, 0.717) is 0 Å². The predicted octanol–water partition coefficient (Wildman–Crippen LogP) is 1.15. The lowest BCUT2D eigenvalue weighted by Gasteiger charge is -2.54. The van der Waals surface area contributed by atoms with Gasteiger partial charge in [-0.3, -0.25) is 0 Å². The van der Waals surface area contributed by atoms with Crippen molar-refractivity contribution in [3.63, 3.8) is 0 Å². The summed E-state index contributed by atoms with van der Waals surface area (Å²) in [4.78, 5) is 0. The first-order valence-corrected chi connectivity index (χ1v) is 9.88. The monoisotopic (exact) mass is 290 g/mol. The van der Waals surface area contributed by atoms with Gasteiger partial charge in [0.1, 0.15) is 0 Å². The molecule has 0 aromatic carbocycles. The molecule has 0 aliphatic carbocycles. The third kappa shape index (κ3) is 2.32. The Kier molecular flexibility index (Phi) is 3.44. The number of allylic oxidation sites excluding steroid dienone is 1. The molecule has 2 rings (SSSR count). The van der Waals surface area contributed by atoms with Crippen molar-refractivity contribution < 1.29 is 4.43 Å². The van der Waals surface area contributed by atoms with E-state index >= 15 is 0 Å². The van der Waals surface area contributed by atoms with Gasteiger partial charge in [-0.05, 0) is 23.3 Å². The first-order valence-electron chi connectivity index (χ1n) is 5.56. The molecule has 1 saturated heterocycles. The van der Waals surface area contributed by atoms with Crippen molar-refractivity contribution >= 4 is 49.3 Å². The van der Waals surface area contributed by atoms with Gasteiger partial charge in [-0.2, -0.15) is 0 Å². The molecule has 0 aromatic rings. The minimum absolute atomic E-state index is 0.00694. The highest BCUT2D eigenvalue weighted by Crippen LogP contribution is 2.55. The Morgan fingerprint density at radius 1 is 1.25 bits per heavy atom. The fraction of sp³-hybridized carbons (Fsp3) is 0.800. The van der Waals surface area contributed by atoms with Crippen molar-refractivity contribution in [3.8, 4) is 0 Å². The van der Waals surface area contributed by atoms with E-state index in [4.69, 9.17) is 4.43 Å². The highest BCUT2D eigenvalue weighted by Gasteiger charge is 2.55. The molecule has 0 amide bonds. The normalized spacial score (nSPS) is 37.2. The molecule has 2 aliphatic heterocycles. The third-order valence-electron chi connectivity index (χ3n) is 3.65. The van der Waals surface area contributed by atoms with E-state index in [1.807, 2.05) is 0 Å². The van der Waals surface area contributed by atoms with Gasteiger partial charge in [0, 0.05) is 41.0 Å². The van der Waals surface area contributed by atoms with Crippen LogP contribution in [-0.4, -0.2) is 55.9 Å².